The molecule has 0 spiro atoms. The monoisotopic (exact) mass is 232 g/mol. The van der Waals surface area contributed by atoms with Crippen molar-refractivity contribution in [3.05, 3.63) is 28.0 Å². The third kappa shape index (κ3) is 1.76. The van der Waals surface area contributed by atoms with Gasteiger partial charge < -0.3 is 10.1 Å². The lowest BCUT2D eigenvalue weighted by molar-refractivity contribution is 0.177. The number of ether oxygens (including phenoxy) is 1. The lowest BCUT2D eigenvalue weighted by Crippen LogP contribution is -2.18. The molecular formula is C8H6Cl2N2O2. The zero-order chi connectivity index (χ0) is 10.1. The van der Waals surface area contributed by atoms with Crippen LogP contribution in [0.15, 0.2) is 12.1 Å². The zero-order valence-electron chi connectivity index (χ0n) is 6.96. The third-order valence-corrected chi connectivity index (χ3v) is 2.41. The highest BCUT2D eigenvalue weighted by atomic mass is 35.5. The van der Waals surface area contributed by atoms with E-state index in [1.807, 2.05) is 0 Å². The summed E-state index contributed by atoms with van der Waals surface area (Å²) in [5, 5.41) is 3.21. The number of hydrogen-bond acceptors (Lipinski definition) is 3. The Morgan fingerprint density at radius 1 is 1.50 bits per heavy atom. The Morgan fingerprint density at radius 3 is 2.86 bits per heavy atom. The minimum absolute atomic E-state index is 0.236. The second-order valence-corrected chi connectivity index (χ2v) is 3.55. The molecule has 1 aliphatic heterocycles. The first-order chi connectivity index (χ1) is 6.66. The zero-order valence-corrected chi connectivity index (χ0v) is 8.47. The van der Waals surface area contributed by atoms with E-state index in [0.717, 1.165) is 0 Å². The van der Waals surface area contributed by atoms with Crippen molar-refractivity contribution in [1.29, 1.82) is 0 Å². The molecule has 0 aromatic carbocycles. The van der Waals surface area contributed by atoms with Crippen molar-refractivity contribution < 1.29 is 9.53 Å². The van der Waals surface area contributed by atoms with Crippen LogP contribution in [0.5, 0.6) is 0 Å². The summed E-state index contributed by atoms with van der Waals surface area (Å²) in [7, 11) is 0. The molecule has 14 heavy (non-hydrogen) atoms. The van der Waals surface area contributed by atoms with Crippen LogP contribution in [0.4, 0.5) is 4.79 Å². The molecule has 0 saturated carbocycles. The number of hydrogen-bond donors (Lipinski definition) is 1. The summed E-state index contributed by atoms with van der Waals surface area (Å²) in [6.07, 6.45) is -0.444. The summed E-state index contributed by atoms with van der Waals surface area (Å²) in [5.41, 5.74) is 0.710. The quantitative estimate of drug-likeness (QED) is 0.756. The van der Waals surface area contributed by atoms with E-state index in [1.54, 1.807) is 12.1 Å². The summed E-state index contributed by atoms with van der Waals surface area (Å²) >= 11 is 11.5. The molecule has 2 heterocycles. The molecule has 2 rings (SSSR count). The van der Waals surface area contributed by atoms with Crippen molar-refractivity contribution in [3.8, 4) is 0 Å². The predicted molar refractivity (Wildman–Crippen MR) is 51.5 cm³/mol. The van der Waals surface area contributed by atoms with Crippen LogP contribution in [0.3, 0.4) is 0 Å². The Labute approximate surface area is 90.2 Å². The SMILES string of the molecule is O=C1N[C@H](c2ccc(Cl)nc2Cl)CO1. The highest BCUT2D eigenvalue weighted by Crippen LogP contribution is 2.25. The largest absolute Gasteiger partial charge is 0.447 e. The molecule has 1 N–H and O–H groups in total. The first-order valence-electron chi connectivity index (χ1n) is 3.92. The van der Waals surface area contributed by atoms with Gasteiger partial charge in [0.25, 0.3) is 0 Å². The molecule has 1 aromatic rings. The molecular weight excluding hydrogens is 227 g/mol. The molecule has 1 amide bonds. The van der Waals surface area contributed by atoms with E-state index in [1.165, 1.54) is 0 Å². The average Bonchev–Trinajstić information content (AvgIpc) is 2.51. The van der Waals surface area contributed by atoms with Gasteiger partial charge in [-0.15, -0.1) is 0 Å². The Hall–Kier alpha value is -1.000. The summed E-state index contributed by atoms with van der Waals surface area (Å²) in [4.78, 5) is 14.6. The van der Waals surface area contributed by atoms with Gasteiger partial charge in [-0.25, -0.2) is 9.78 Å². The van der Waals surface area contributed by atoms with Gasteiger partial charge in [-0.2, -0.15) is 0 Å². The highest BCUT2D eigenvalue weighted by molar-refractivity contribution is 6.32. The standard InChI is InChI=1S/C8H6Cl2N2O2/c9-6-2-1-4(7(10)12-6)5-3-14-8(13)11-5/h1-2,5H,3H2,(H,11,13)/t5-/m0/s1. The van der Waals surface area contributed by atoms with Crippen molar-refractivity contribution in [2.45, 2.75) is 6.04 Å². The smallest absolute Gasteiger partial charge is 0.407 e. The van der Waals surface area contributed by atoms with E-state index >= 15 is 0 Å². The molecule has 1 atom stereocenters. The van der Waals surface area contributed by atoms with E-state index < -0.39 is 6.09 Å². The number of pyridine rings is 1. The number of carbonyl (C=O) groups excluding carboxylic acids is 1. The maximum atomic E-state index is 10.8. The maximum absolute atomic E-state index is 10.8. The molecule has 0 radical (unpaired) electrons. The van der Waals surface area contributed by atoms with Gasteiger partial charge in [0.2, 0.25) is 0 Å². The fraction of sp³-hybridized carbons (Fsp3) is 0.250. The second-order valence-electron chi connectivity index (χ2n) is 2.81. The van der Waals surface area contributed by atoms with Crippen LogP contribution in [0.1, 0.15) is 11.6 Å². The minimum Gasteiger partial charge on any atom is -0.447 e. The number of alkyl carbamates (subject to hydrolysis) is 1. The van der Waals surface area contributed by atoms with Gasteiger partial charge in [-0.1, -0.05) is 29.3 Å². The lowest BCUT2D eigenvalue weighted by Gasteiger charge is -2.08. The van der Waals surface area contributed by atoms with Crippen LogP contribution in [0.2, 0.25) is 10.3 Å². The Balaban J connectivity index is 2.28. The van der Waals surface area contributed by atoms with Crippen molar-refractivity contribution >= 4 is 29.3 Å². The van der Waals surface area contributed by atoms with Gasteiger partial charge in [0, 0.05) is 5.56 Å². The topological polar surface area (TPSA) is 51.2 Å². The van der Waals surface area contributed by atoms with E-state index in [9.17, 15) is 4.79 Å². The van der Waals surface area contributed by atoms with Crippen molar-refractivity contribution in [2.75, 3.05) is 6.61 Å². The Morgan fingerprint density at radius 2 is 2.29 bits per heavy atom. The molecule has 6 heteroatoms. The number of cyclic esters (lactones) is 1. The van der Waals surface area contributed by atoms with Crippen molar-refractivity contribution in [3.63, 3.8) is 0 Å². The Kier molecular flexibility index (Phi) is 2.48. The van der Waals surface area contributed by atoms with Gasteiger partial charge in [0.1, 0.15) is 16.9 Å². The molecule has 0 aliphatic carbocycles. The van der Waals surface area contributed by atoms with E-state index in [0.29, 0.717) is 10.7 Å². The van der Waals surface area contributed by atoms with Crippen LogP contribution < -0.4 is 5.32 Å². The number of halogens is 2. The van der Waals surface area contributed by atoms with Gasteiger partial charge in [0.05, 0.1) is 6.04 Å². The number of rotatable bonds is 1. The molecule has 1 aliphatic rings. The molecule has 0 unspecified atom stereocenters. The fourth-order valence-electron chi connectivity index (χ4n) is 1.23. The van der Waals surface area contributed by atoms with E-state index in [2.05, 4.69) is 10.3 Å². The molecule has 1 aromatic heterocycles. The van der Waals surface area contributed by atoms with Crippen LogP contribution in [-0.4, -0.2) is 17.7 Å². The van der Waals surface area contributed by atoms with Crippen LogP contribution in [-0.2, 0) is 4.74 Å². The number of nitrogens with zero attached hydrogens (tertiary/aromatic N) is 1. The normalized spacial score (nSPS) is 20.4. The first kappa shape index (κ1) is 9.55. The minimum atomic E-state index is -0.444. The first-order valence-corrected chi connectivity index (χ1v) is 4.67. The molecule has 1 fully saturated rings. The lowest BCUT2D eigenvalue weighted by atomic mass is 10.1. The predicted octanol–water partition coefficient (Wildman–Crippen LogP) is 2.17. The van der Waals surface area contributed by atoms with Crippen LogP contribution in [0, 0.1) is 0 Å². The molecule has 0 bridgehead atoms. The average molecular weight is 233 g/mol. The molecule has 74 valence electrons. The van der Waals surface area contributed by atoms with Crippen molar-refractivity contribution in [2.24, 2.45) is 0 Å². The third-order valence-electron chi connectivity index (χ3n) is 1.89. The second kappa shape index (κ2) is 3.63. The van der Waals surface area contributed by atoms with E-state index in [-0.39, 0.29) is 17.8 Å². The summed E-state index contributed by atoms with van der Waals surface area (Å²) in [5.74, 6) is 0. The summed E-state index contributed by atoms with van der Waals surface area (Å²) < 4.78 is 4.74. The van der Waals surface area contributed by atoms with Crippen molar-refractivity contribution in [1.82, 2.24) is 10.3 Å². The van der Waals surface area contributed by atoms with Gasteiger partial charge in [0.15, 0.2) is 0 Å². The number of amides is 1. The highest BCUT2D eigenvalue weighted by Gasteiger charge is 2.25. The van der Waals surface area contributed by atoms with Crippen LogP contribution in [0.25, 0.3) is 0 Å². The van der Waals surface area contributed by atoms with Gasteiger partial charge >= 0.3 is 6.09 Å². The maximum Gasteiger partial charge on any atom is 0.407 e. The Bertz CT molecular complexity index is 384. The molecule has 1 saturated heterocycles. The van der Waals surface area contributed by atoms with Gasteiger partial charge in [-0.3, -0.25) is 0 Å². The summed E-state index contributed by atoms with van der Waals surface area (Å²) in [6, 6.07) is 3.10. The fourth-order valence-corrected chi connectivity index (χ4v) is 1.71. The molecule has 4 nitrogen and oxygen atoms in total. The number of carbonyl (C=O) groups is 1. The number of aromatic nitrogens is 1. The van der Waals surface area contributed by atoms with Crippen LogP contribution >= 0.6 is 23.2 Å². The van der Waals surface area contributed by atoms with Gasteiger partial charge in [-0.05, 0) is 6.07 Å². The van der Waals surface area contributed by atoms with E-state index in [4.69, 9.17) is 27.9 Å². The summed E-state index contributed by atoms with van der Waals surface area (Å²) in [6.45, 7) is 0.266. The number of nitrogens with one attached hydrogen (secondary N) is 1.